The van der Waals surface area contributed by atoms with Crippen molar-refractivity contribution in [1.29, 1.82) is 0 Å². The minimum absolute atomic E-state index is 1.09. The highest BCUT2D eigenvalue weighted by molar-refractivity contribution is 7.09. The smallest absolute Gasteiger partial charge is 0.0901 e. The fourth-order valence-corrected chi connectivity index (χ4v) is 1.92. The summed E-state index contributed by atoms with van der Waals surface area (Å²) in [6.07, 6.45) is 0. The van der Waals surface area contributed by atoms with Gasteiger partial charge in [0.05, 0.1) is 10.7 Å². The van der Waals surface area contributed by atoms with Gasteiger partial charge in [0, 0.05) is 10.9 Å². The molecule has 0 spiro atoms. The van der Waals surface area contributed by atoms with Gasteiger partial charge in [-0.2, -0.15) is 0 Å². The lowest BCUT2D eigenvalue weighted by Crippen LogP contribution is -1.79. The molecule has 0 atom stereocenters. The summed E-state index contributed by atoms with van der Waals surface area (Å²) in [7, 11) is 0. The predicted molar refractivity (Wildman–Crippen MR) is 68.4 cm³/mol. The molecule has 0 radical (unpaired) electrons. The van der Waals surface area contributed by atoms with Gasteiger partial charge in [-0.25, -0.2) is 4.98 Å². The molecule has 0 unspecified atom stereocenters. The van der Waals surface area contributed by atoms with Gasteiger partial charge in [0.2, 0.25) is 0 Å². The monoisotopic (exact) mass is 219 g/mol. The molecule has 0 amide bonds. The molecule has 0 bridgehead atoms. The maximum absolute atomic E-state index is 4.44. The molecule has 0 aliphatic carbocycles. The van der Waals surface area contributed by atoms with Crippen LogP contribution in [-0.4, -0.2) is 4.98 Å². The van der Waals surface area contributed by atoms with E-state index in [0.717, 1.165) is 10.7 Å². The first-order valence-corrected chi connectivity index (χ1v) is 6.13. The van der Waals surface area contributed by atoms with Crippen LogP contribution in [0.2, 0.25) is 0 Å². The molecule has 0 N–H and O–H groups in total. The van der Waals surface area contributed by atoms with Gasteiger partial charge in [0.15, 0.2) is 0 Å². The van der Waals surface area contributed by atoms with Crippen LogP contribution in [-0.2, 0) is 0 Å². The number of aryl methyl sites for hydroxylation is 2. The Morgan fingerprint density at radius 1 is 1.13 bits per heavy atom. The lowest BCUT2D eigenvalue weighted by atomic mass is 10.1. The van der Waals surface area contributed by atoms with Gasteiger partial charge in [-0.1, -0.05) is 37.6 Å². The highest BCUT2D eigenvalue weighted by atomic mass is 32.1. The van der Waals surface area contributed by atoms with E-state index in [0.29, 0.717) is 0 Å². The van der Waals surface area contributed by atoms with Gasteiger partial charge in [-0.3, -0.25) is 0 Å². The van der Waals surface area contributed by atoms with Crippen molar-refractivity contribution in [2.45, 2.75) is 27.7 Å². The van der Waals surface area contributed by atoms with Crippen LogP contribution in [0, 0.1) is 13.8 Å². The maximum atomic E-state index is 4.44. The summed E-state index contributed by atoms with van der Waals surface area (Å²) in [5.41, 5.74) is 3.58. The molecule has 2 rings (SSSR count). The summed E-state index contributed by atoms with van der Waals surface area (Å²) in [5, 5.41) is 3.22. The van der Waals surface area contributed by atoms with Gasteiger partial charge in [0.25, 0.3) is 0 Å². The molecular weight excluding hydrogens is 202 g/mol. The lowest BCUT2D eigenvalue weighted by molar-refractivity contribution is 1.29. The summed E-state index contributed by atoms with van der Waals surface area (Å²) in [6, 6.07) is 8.43. The summed E-state index contributed by atoms with van der Waals surface area (Å²) < 4.78 is 0. The Kier molecular flexibility index (Phi) is 4.50. The normalized spacial score (nSPS) is 9.33. The van der Waals surface area contributed by atoms with E-state index in [-0.39, 0.29) is 0 Å². The van der Waals surface area contributed by atoms with Crippen LogP contribution >= 0.6 is 11.3 Å². The second-order valence-corrected chi connectivity index (χ2v) is 4.18. The van der Waals surface area contributed by atoms with E-state index in [1.54, 1.807) is 11.3 Å². The minimum Gasteiger partial charge on any atom is -0.242 e. The van der Waals surface area contributed by atoms with E-state index >= 15 is 0 Å². The zero-order valence-corrected chi connectivity index (χ0v) is 10.6. The van der Waals surface area contributed by atoms with E-state index in [9.17, 15) is 0 Å². The summed E-state index contributed by atoms with van der Waals surface area (Å²) in [5.74, 6) is 0. The van der Waals surface area contributed by atoms with E-state index in [4.69, 9.17) is 0 Å². The molecule has 1 heterocycles. The van der Waals surface area contributed by atoms with E-state index in [2.05, 4.69) is 41.6 Å². The Labute approximate surface area is 95.8 Å². The van der Waals surface area contributed by atoms with Gasteiger partial charge < -0.3 is 0 Å². The van der Waals surface area contributed by atoms with E-state index in [1.807, 2.05) is 20.8 Å². The number of rotatable bonds is 1. The molecule has 0 fully saturated rings. The first-order valence-electron chi connectivity index (χ1n) is 5.25. The zero-order valence-electron chi connectivity index (χ0n) is 9.74. The fourth-order valence-electron chi connectivity index (χ4n) is 1.30. The standard InChI is InChI=1S/C11H11NS.C2H6/c1-8-4-3-5-10(6-8)11-7-13-9(2)12-11;1-2/h3-7H,1-2H3;1-2H3. The minimum atomic E-state index is 1.09. The van der Waals surface area contributed by atoms with Gasteiger partial charge in [0.1, 0.15) is 0 Å². The second kappa shape index (κ2) is 5.66. The zero-order chi connectivity index (χ0) is 11.3. The lowest BCUT2D eigenvalue weighted by Gasteiger charge is -1.97. The highest BCUT2D eigenvalue weighted by Gasteiger charge is 2.00. The Balaban J connectivity index is 0.000000531. The average Bonchev–Trinajstić information content (AvgIpc) is 2.68. The first kappa shape index (κ1) is 11.9. The van der Waals surface area contributed by atoms with Crippen LogP contribution in [0.5, 0.6) is 0 Å². The molecule has 2 heteroatoms. The molecule has 0 saturated carbocycles. The molecule has 0 saturated heterocycles. The molecular formula is C13H17NS. The topological polar surface area (TPSA) is 12.9 Å². The van der Waals surface area contributed by atoms with E-state index in [1.165, 1.54) is 11.1 Å². The number of aromatic nitrogens is 1. The molecule has 0 aliphatic heterocycles. The van der Waals surface area contributed by atoms with Crippen LogP contribution in [0.4, 0.5) is 0 Å². The van der Waals surface area contributed by atoms with Crippen molar-refractivity contribution in [1.82, 2.24) is 4.98 Å². The summed E-state index contributed by atoms with van der Waals surface area (Å²) in [6.45, 7) is 8.13. The molecule has 1 nitrogen and oxygen atoms in total. The third-order valence-electron chi connectivity index (χ3n) is 1.93. The van der Waals surface area contributed by atoms with Crippen molar-refractivity contribution in [2.24, 2.45) is 0 Å². The van der Waals surface area contributed by atoms with E-state index < -0.39 is 0 Å². The van der Waals surface area contributed by atoms with Crippen molar-refractivity contribution < 1.29 is 0 Å². The molecule has 80 valence electrons. The van der Waals surface area contributed by atoms with Crippen LogP contribution < -0.4 is 0 Å². The number of thiazole rings is 1. The number of hydrogen-bond acceptors (Lipinski definition) is 2. The summed E-state index contributed by atoms with van der Waals surface area (Å²) >= 11 is 1.69. The molecule has 0 aliphatic rings. The SMILES string of the molecule is CC.Cc1cccc(-c2csc(C)n2)c1. The number of nitrogens with zero attached hydrogens (tertiary/aromatic N) is 1. The third-order valence-corrected chi connectivity index (χ3v) is 2.71. The first-order chi connectivity index (χ1) is 7.25. The van der Waals surface area contributed by atoms with Crippen molar-refractivity contribution in [3.05, 3.63) is 40.2 Å². The van der Waals surface area contributed by atoms with Gasteiger partial charge >= 0.3 is 0 Å². The van der Waals surface area contributed by atoms with Crippen molar-refractivity contribution in [3.8, 4) is 11.3 Å². The van der Waals surface area contributed by atoms with Crippen molar-refractivity contribution >= 4 is 11.3 Å². The van der Waals surface area contributed by atoms with Gasteiger partial charge in [-0.05, 0) is 19.9 Å². The fraction of sp³-hybridized carbons (Fsp3) is 0.308. The Bertz CT molecular complexity index is 418. The molecule has 15 heavy (non-hydrogen) atoms. The summed E-state index contributed by atoms with van der Waals surface area (Å²) in [4.78, 5) is 4.44. The molecule has 2 aromatic rings. The second-order valence-electron chi connectivity index (χ2n) is 3.12. The molecule has 1 aromatic carbocycles. The number of benzene rings is 1. The largest absolute Gasteiger partial charge is 0.242 e. The predicted octanol–water partition coefficient (Wildman–Crippen LogP) is 4.45. The van der Waals surface area contributed by atoms with Gasteiger partial charge in [-0.15, -0.1) is 11.3 Å². The average molecular weight is 219 g/mol. The van der Waals surface area contributed by atoms with Crippen molar-refractivity contribution in [2.75, 3.05) is 0 Å². The van der Waals surface area contributed by atoms with Crippen molar-refractivity contribution in [3.63, 3.8) is 0 Å². The number of hydrogen-bond donors (Lipinski definition) is 0. The highest BCUT2D eigenvalue weighted by Crippen LogP contribution is 2.21. The molecule has 1 aromatic heterocycles. The Morgan fingerprint density at radius 3 is 2.40 bits per heavy atom. The van der Waals surface area contributed by atoms with Crippen LogP contribution in [0.15, 0.2) is 29.6 Å². The van der Waals surface area contributed by atoms with Crippen LogP contribution in [0.25, 0.3) is 11.3 Å². The third kappa shape index (κ3) is 3.17. The van der Waals surface area contributed by atoms with Crippen LogP contribution in [0.1, 0.15) is 24.4 Å². The Hall–Kier alpha value is -1.15. The Morgan fingerprint density at radius 2 is 1.87 bits per heavy atom. The maximum Gasteiger partial charge on any atom is 0.0901 e. The van der Waals surface area contributed by atoms with Crippen LogP contribution in [0.3, 0.4) is 0 Å². The quantitative estimate of drug-likeness (QED) is 0.690.